The van der Waals surface area contributed by atoms with Crippen LogP contribution in [-0.2, 0) is 11.3 Å². The predicted octanol–water partition coefficient (Wildman–Crippen LogP) is 2.71. The van der Waals surface area contributed by atoms with Crippen molar-refractivity contribution < 1.29 is 37.5 Å². The minimum atomic E-state index is -3.00. The van der Waals surface area contributed by atoms with Crippen molar-refractivity contribution in [1.29, 1.82) is 0 Å². The molecule has 2 aromatic rings. The number of hydrogen-bond donors (Lipinski definition) is 1. The number of nitrogens with zero attached hydrogens (tertiary/aromatic N) is 1. The van der Waals surface area contributed by atoms with E-state index in [1.165, 1.54) is 37.4 Å². The minimum absolute atomic E-state index is 0.0275. The summed E-state index contributed by atoms with van der Waals surface area (Å²) >= 11 is 0. The maximum absolute atomic E-state index is 12.3. The molecule has 0 aliphatic carbocycles. The third-order valence-corrected chi connectivity index (χ3v) is 3.61. The van der Waals surface area contributed by atoms with Gasteiger partial charge in [0.1, 0.15) is 6.29 Å². The monoisotopic (exact) mass is 410 g/mol. The highest BCUT2D eigenvalue weighted by molar-refractivity contribution is 5.79. The van der Waals surface area contributed by atoms with Gasteiger partial charge >= 0.3 is 12.3 Å². The summed E-state index contributed by atoms with van der Waals surface area (Å²) in [5.74, 6) is -0.817. The fourth-order valence-corrected chi connectivity index (χ4v) is 2.28. The van der Waals surface area contributed by atoms with E-state index in [4.69, 9.17) is 9.47 Å². The number of halogens is 2. The maximum atomic E-state index is 12.3. The molecule has 2 aromatic carbocycles. The van der Waals surface area contributed by atoms with Crippen molar-refractivity contribution in [2.75, 3.05) is 13.7 Å². The van der Waals surface area contributed by atoms with Crippen LogP contribution in [0.5, 0.6) is 17.2 Å². The van der Waals surface area contributed by atoms with Crippen molar-refractivity contribution in [3.8, 4) is 17.2 Å². The van der Waals surface area contributed by atoms with Crippen LogP contribution in [0.2, 0.25) is 0 Å². The van der Waals surface area contributed by atoms with Crippen LogP contribution in [0.25, 0.3) is 0 Å². The lowest BCUT2D eigenvalue weighted by Crippen LogP contribution is -2.28. The lowest BCUT2D eigenvalue weighted by molar-refractivity contribution is -0.385. The van der Waals surface area contributed by atoms with Crippen molar-refractivity contribution in [1.82, 2.24) is 5.32 Å². The molecule has 0 saturated carbocycles. The molecule has 0 spiro atoms. The standard InChI is InChI=1S/C18H16F2N2O7/c1-27-16-7-11(2-5-15(16)29-18(19)20)8-21-17(24)10-28-14-4-3-12(9-23)6-13(14)22(25)26/h2-7,9,18H,8,10H2,1H3,(H,21,24). The zero-order chi connectivity index (χ0) is 21.4. The average molecular weight is 410 g/mol. The third kappa shape index (κ3) is 6.13. The molecule has 0 unspecified atom stereocenters. The second kappa shape index (κ2) is 9.97. The summed E-state index contributed by atoms with van der Waals surface area (Å²) in [7, 11) is 1.28. The van der Waals surface area contributed by atoms with Gasteiger partial charge in [-0.25, -0.2) is 0 Å². The normalized spacial score (nSPS) is 10.3. The van der Waals surface area contributed by atoms with E-state index in [9.17, 15) is 28.5 Å². The Bertz CT molecular complexity index is 906. The highest BCUT2D eigenvalue weighted by Crippen LogP contribution is 2.29. The molecule has 0 aliphatic heterocycles. The summed E-state index contributed by atoms with van der Waals surface area (Å²) in [5.41, 5.74) is 0.196. The number of nitro groups is 1. The Morgan fingerprint density at radius 3 is 2.55 bits per heavy atom. The molecule has 2 rings (SSSR count). The topological polar surface area (TPSA) is 117 Å². The van der Waals surface area contributed by atoms with Crippen molar-refractivity contribution in [2.45, 2.75) is 13.2 Å². The Hall–Kier alpha value is -3.76. The van der Waals surface area contributed by atoms with E-state index in [-0.39, 0.29) is 29.4 Å². The molecule has 154 valence electrons. The molecule has 0 bridgehead atoms. The molecule has 11 heteroatoms. The van der Waals surface area contributed by atoms with E-state index in [2.05, 4.69) is 10.1 Å². The molecular formula is C18H16F2N2O7. The Morgan fingerprint density at radius 1 is 1.21 bits per heavy atom. The van der Waals surface area contributed by atoms with Crippen LogP contribution in [0.3, 0.4) is 0 Å². The summed E-state index contributed by atoms with van der Waals surface area (Å²) < 4.78 is 39.1. The van der Waals surface area contributed by atoms with E-state index in [0.29, 0.717) is 11.8 Å². The average Bonchev–Trinajstić information content (AvgIpc) is 2.70. The SMILES string of the molecule is COc1cc(CNC(=O)COc2ccc(C=O)cc2[N+](=O)[O-])ccc1OC(F)F. The van der Waals surface area contributed by atoms with Crippen molar-refractivity contribution >= 4 is 17.9 Å². The number of ether oxygens (including phenoxy) is 3. The van der Waals surface area contributed by atoms with Crippen LogP contribution in [0.15, 0.2) is 36.4 Å². The molecule has 0 heterocycles. The van der Waals surface area contributed by atoms with E-state index >= 15 is 0 Å². The quantitative estimate of drug-likeness (QED) is 0.364. The van der Waals surface area contributed by atoms with Gasteiger partial charge in [0.15, 0.2) is 23.9 Å². The highest BCUT2D eigenvalue weighted by Gasteiger charge is 2.17. The fraction of sp³-hybridized carbons (Fsp3) is 0.222. The molecule has 0 radical (unpaired) electrons. The van der Waals surface area contributed by atoms with Crippen molar-refractivity contribution in [2.24, 2.45) is 0 Å². The summed E-state index contributed by atoms with van der Waals surface area (Å²) in [6.07, 6.45) is 0.454. The number of carbonyl (C=O) groups excluding carboxylic acids is 2. The van der Waals surface area contributed by atoms with Crippen LogP contribution in [0.4, 0.5) is 14.5 Å². The summed E-state index contributed by atoms with van der Waals surface area (Å²) in [6, 6.07) is 7.74. The zero-order valence-electron chi connectivity index (χ0n) is 15.1. The van der Waals surface area contributed by atoms with Crippen LogP contribution >= 0.6 is 0 Å². The number of aldehydes is 1. The number of alkyl halides is 2. The van der Waals surface area contributed by atoms with E-state index in [1.807, 2.05) is 0 Å². The predicted molar refractivity (Wildman–Crippen MR) is 95.5 cm³/mol. The Morgan fingerprint density at radius 2 is 1.93 bits per heavy atom. The Balaban J connectivity index is 1.95. The Labute approximate surface area is 163 Å². The van der Waals surface area contributed by atoms with Crippen molar-refractivity contribution in [3.63, 3.8) is 0 Å². The number of benzene rings is 2. The van der Waals surface area contributed by atoms with Gasteiger partial charge in [-0.05, 0) is 29.8 Å². The van der Waals surface area contributed by atoms with Gasteiger partial charge in [-0.15, -0.1) is 0 Å². The lowest BCUT2D eigenvalue weighted by Gasteiger charge is -2.12. The maximum Gasteiger partial charge on any atom is 0.387 e. The number of carbonyl (C=O) groups is 2. The van der Waals surface area contributed by atoms with Crippen LogP contribution in [0.1, 0.15) is 15.9 Å². The fourth-order valence-electron chi connectivity index (χ4n) is 2.28. The first-order valence-electron chi connectivity index (χ1n) is 8.09. The first-order valence-corrected chi connectivity index (χ1v) is 8.09. The van der Waals surface area contributed by atoms with Gasteiger partial charge in [-0.3, -0.25) is 19.7 Å². The van der Waals surface area contributed by atoms with Crippen LogP contribution in [-0.4, -0.2) is 37.4 Å². The smallest absolute Gasteiger partial charge is 0.387 e. The number of hydrogen-bond acceptors (Lipinski definition) is 7. The van der Waals surface area contributed by atoms with E-state index < -0.39 is 29.7 Å². The van der Waals surface area contributed by atoms with E-state index in [1.54, 1.807) is 0 Å². The number of nitro benzene ring substituents is 1. The first kappa shape index (κ1) is 21.5. The van der Waals surface area contributed by atoms with Gasteiger partial charge in [0.05, 0.1) is 12.0 Å². The largest absolute Gasteiger partial charge is 0.493 e. The molecule has 0 aromatic heterocycles. The highest BCUT2D eigenvalue weighted by atomic mass is 19.3. The van der Waals surface area contributed by atoms with E-state index in [0.717, 1.165) is 6.07 Å². The number of rotatable bonds is 10. The van der Waals surface area contributed by atoms with Crippen molar-refractivity contribution in [3.05, 3.63) is 57.6 Å². The minimum Gasteiger partial charge on any atom is -0.493 e. The van der Waals surface area contributed by atoms with Gasteiger partial charge < -0.3 is 19.5 Å². The zero-order valence-corrected chi connectivity index (χ0v) is 15.1. The molecule has 0 aliphatic rings. The second-order valence-electron chi connectivity index (χ2n) is 5.53. The van der Waals surface area contributed by atoms with Gasteiger partial charge in [0.25, 0.3) is 5.91 Å². The third-order valence-electron chi connectivity index (χ3n) is 3.61. The summed E-state index contributed by atoms with van der Waals surface area (Å²) in [6.45, 7) is -3.48. The molecule has 0 saturated heterocycles. The molecular weight excluding hydrogens is 394 g/mol. The molecule has 29 heavy (non-hydrogen) atoms. The second-order valence-corrected chi connectivity index (χ2v) is 5.53. The first-order chi connectivity index (χ1) is 13.8. The van der Waals surface area contributed by atoms with Gasteiger partial charge in [-0.1, -0.05) is 6.07 Å². The van der Waals surface area contributed by atoms with Gasteiger partial charge in [0, 0.05) is 18.2 Å². The molecule has 9 nitrogen and oxygen atoms in total. The van der Waals surface area contributed by atoms with Gasteiger partial charge in [0.2, 0.25) is 0 Å². The van der Waals surface area contributed by atoms with Crippen LogP contribution in [0, 0.1) is 10.1 Å². The summed E-state index contributed by atoms with van der Waals surface area (Å²) in [4.78, 5) is 33.0. The number of nitrogens with one attached hydrogen (secondary N) is 1. The molecule has 1 N–H and O–H groups in total. The summed E-state index contributed by atoms with van der Waals surface area (Å²) in [5, 5.41) is 13.6. The van der Waals surface area contributed by atoms with Crippen LogP contribution < -0.4 is 19.5 Å². The number of methoxy groups -OCH3 is 1. The Kier molecular flexibility index (Phi) is 7.40. The molecule has 1 amide bonds. The molecule has 0 fully saturated rings. The lowest BCUT2D eigenvalue weighted by atomic mass is 10.2. The van der Waals surface area contributed by atoms with Gasteiger partial charge in [-0.2, -0.15) is 8.78 Å². The number of amides is 1. The molecule has 0 atom stereocenters.